The molecule has 0 radical (unpaired) electrons. The fourth-order valence-corrected chi connectivity index (χ4v) is 4.08. The molecule has 19 heavy (non-hydrogen) atoms. The highest BCUT2D eigenvalue weighted by molar-refractivity contribution is 6.95. The van der Waals surface area contributed by atoms with Crippen molar-refractivity contribution in [1.82, 2.24) is 0 Å². The highest BCUT2D eigenvalue weighted by Gasteiger charge is 2.24. The van der Waals surface area contributed by atoms with Crippen LogP contribution in [0.2, 0.25) is 19.1 Å². The topological polar surface area (TPSA) is 0 Å². The Morgan fingerprint density at radius 3 is 1.95 bits per heavy atom. The second-order valence-corrected chi connectivity index (χ2v) is 10.6. The molecule has 0 heterocycles. The fourth-order valence-electron chi connectivity index (χ4n) is 2.19. The lowest BCUT2D eigenvalue weighted by Gasteiger charge is -2.25. The number of rotatable bonds is 4. The largest absolute Gasteiger partial charge is 0.0811 e. The van der Waals surface area contributed by atoms with Gasteiger partial charge in [0.05, 0.1) is 8.07 Å². The van der Waals surface area contributed by atoms with Crippen LogP contribution in [0.1, 0.15) is 18.1 Å². The van der Waals surface area contributed by atoms with Gasteiger partial charge in [0.25, 0.3) is 0 Å². The molecule has 98 valence electrons. The third kappa shape index (κ3) is 3.45. The van der Waals surface area contributed by atoms with Crippen molar-refractivity contribution in [3.05, 3.63) is 71.8 Å². The third-order valence-corrected chi connectivity index (χ3v) is 7.47. The monoisotopic (exact) mass is 266 g/mol. The average Bonchev–Trinajstić information content (AvgIpc) is 2.46. The first-order valence-corrected chi connectivity index (χ1v) is 10.2. The summed E-state index contributed by atoms with van der Waals surface area (Å²) in [6, 6.07) is 22.7. The van der Waals surface area contributed by atoms with Crippen LogP contribution in [0.3, 0.4) is 0 Å². The summed E-state index contributed by atoms with van der Waals surface area (Å²) in [5.41, 5.74) is 2.68. The third-order valence-electron chi connectivity index (χ3n) is 3.81. The van der Waals surface area contributed by atoms with Gasteiger partial charge in [0, 0.05) is 0 Å². The maximum atomic E-state index is 2.45. The predicted octanol–water partition coefficient (Wildman–Crippen LogP) is 5.49. The molecule has 0 aliphatic heterocycles. The van der Waals surface area contributed by atoms with Crippen LogP contribution < -0.4 is 0 Å². The second kappa shape index (κ2) is 6.03. The van der Waals surface area contributed by atoms with Crippen molar-refractivity contribution in [2.45, 2.75) is 26.1 Å². The van der Waals surface area contributed by atoms with E-state index in [0.29, 0.717) is 0 Å². The van der Waals surface area contributed by atoms with Crippen LogP contribution in [0.4, 0.5) is 0 Å². The normalized spacial score (nSPS) is 12.5. The summed E-state index contributed by atoms with van der Waals surface area (Å²) in [6.07, 6.45) is 2.38. The number of hydrogen-bond donors (Lipinski definition) is 0. The van der Waals surface area contributed by atoms with Crippen molar-refractivity contribution in [1.29, 1.82) is 0 Å². The number of hydrogen-bond acceptors (Lipinski definition) is 0. The first-order chi connectivity index (χ1) is 9.13. The van der Waals surface area contributed by atoms with Crippen LogP contribution in [-0.4, -0.2) is 8.07 Å². The lowest BCUT2D eigenvalue weighted by molar-refractivity contribution is 1.38. The molecule has 0 bridgehead atoms. The minimum absolute atomic E-state index is 1.26. The zero-order chi connectivity index (χ0) is 13.7. The summed E-state index contributed by atoms with van der Waals surface area (Å²) in [5, 5.41) is 1.54. The molecule has 2 rings (SSSR count). The Kier molecular flexibility index (Phi) is 4.38. The van der Waals surface area contributed by atoms with Crippen molar-refractivity contribution < 1.29 is 0 Å². The predicted molar refractivity (Wildman–Crippen MR) is 88.7 cm³/mol. The van der Waals surface area contributed by atoms with Crippen molar-refractivity contribution in [3.63, 3.8) is 0 Å². The molecule has 0 spiro atoms. The Labute approximate surface area is 117 Å². The van der Waals surface area contributed by atoms with Crippen molar-refractivity contribution in [3.8, 4) is 0 Å². The first kappa shape index (κ1) is 13.8. The van der Waals surface area contributed by atoms with E-state index in [1.54, 1.807) is 5.20 Å². The molecule has 0 N–H and O–H groups in total. The Morgan fingerprint density at radius 2 is 1.42 bits per heavy atom. The van der Waals surface area contributed by atoms with Crippen molar-refractivity contribution >= 4 is 19.3 Å². The van der Waals surface area contributed by atoms with Crippen molar-refractivity contribution in [2.24, 2.45) is 0 Å². The molecule has 0 saturated carbocycles. The van der Waals surface area contributed by atoms with Gasteiger partial charge in [0.15, 0.2) is 0 Å². The van der Waals surface area contributed by atoms with Gasteiger partial charge in [-0.25, -0.2) is 0 Å². The molecule has 0 fully saturated rings. The summed E-state index contributed by atoms with van der Waals surface area (Å²) in [7, 11) is -1.37. The van der Waals surface area contributed by atoms with E-state index in [1.807, 2.05) is 0 Å². The van der Waals surface area contributed by atoms with E-state index in [-0.39, 0.29) is 0 Å². The van der Waals surface area contributed by atoms with E-state index in [0.717, 1.165) is 0 Å². The van der Waals surface area contributed by atoms with E-state index in [2.05, 4.69) is 86.8 Å². The van der Waals surface area contributed by atoms with Crippen LogP contribution in [0, 0.1) is 0 Å². The minimum Gasteiger partial charge on any atom is -0.0675 e. The summed E-state index contributed by atoms with van der Waals surface area (Å²) in [6.45, 7) is 7.22. The van der Waals surface area contributed by atoms with Crippen LogP contribution in [0.15, 0.2) is 60.7 Å². The highest BCUT2D eigenvalue weighted by Crippen LogP contribution is 2.30. The Hall–Kier alpha value is -1.60. The Bertz CT molecular complexity index is 538. The standard InChI is InChI=1S/C18H22Si/c1-4-19(2,3)18(17-13-9-6-10-14-17)15-16-11-7-5-8-12-16/h5-15H,4H2,1-3H3/b18-15+. The average molecular weight is 266 g/mol. The van der Waals surface area contributed by atoms with E-state index in [1.165, 1.54) is 17.2 Å². The molecule has 0 aliphatic carbocycles. The summed E-state index contributed by atoms with van der Waals surface area (Å²) in [5.74, 6) is 0. The minimum atomic E-state index is -1.37. The van der Waals surface area contributed by atoms with Gasteiger partial charge in [-0.3, -0.25) is 0 Å². The van der Waals surface area contributed by atoms with Gasteiger partial charge in [-0.15, -0.1) is 0 Å². The maximum absolute atomic E-state index is 2.45. The van der Waals surface area contributed by atoms with Crippen LogP contribution in [0.5, 0.6) is 0 Å². The molecule has 0 aromatic heterocycles. The molecule has 0 atom stereocenters. The summed E-state index contributed by atoms with van der Waals surface area (Å²) < 4.78 is 0. The summed E-state index contributed by atoms with van der Waals surface area (Å²) in [4.78, 5) is 0. The van der Waals surface area contributed by atoms with Crippen LogP contribution >= 0.6 is 0 Å². The quantitative estimate of drug-likeness (QED) is 0.506. The molecular formula is C18H22Si. The Balaban J connectivity index is 2.50. The van der Waals surface area contributed by atoms with Gasteiger partial charge in [-0.1, -0.05) is 98.0 Å². The number of benzene rings is 2. The molecule has 0 aliphatic rings. The lowest BCUT2D eigenvalue weighted by atomic mass is 10.1. The first-order valence-electron chi connectivity index (χ1n) is 6.96. The lowest BCUT2D eigenvalue weighted by Crippen LogP contribution is -2.26. The molecule has 0 nitrogen and oxygen atoms in total. The second-order valence-electron chi connectivity index (χ2n) is 5.57. The van der Waals surface area contributed by atoms with E-state index in [4.69, 9.17) is 0 Å². The molecule has 0 unspecified atom stereocenters. The van der Waals surface area contributed by atoms with E-state index < -0.39 is 8.07 Å². The van der Waals surface area contributed by atoms with Gasteiger partial charge in [-0.2, -0.15) is 0 Å². The fraction of sp³-hybridized carbons (Fsp3) is 0.222. The molecule has 2 aromatic rings. The zero-order valence-corrected chi connectivity index (χ0v) is 13.1. The Morgan fingerprint density at radius 1 is 0.895 bits per heavy atom. The molecule has 1 heteroatoms. The maximum Gasteiger partial charge on any atom is 0.0811 e. The molecular weight excluding hydrogens is 244 g/mol. The van der Waals surface area contributed by atoms with Gasteiger partial charge in [0.2, 0.25) is 0 Å². The molecule has 0 saturated heterocycles. The SMILES string of the molecule is CC[Si](C)(C)/C(=C/c1ccccc1)c1ccccc1. The summed E-state index contributed by atoms with van der Waals surface area (Å²) >= 11 is 0. The van der Waals surface area contributed by atoms with Crippen LogP contribution in [0.25, 0.3) is 11.3 Å². The van der Waals surface area contributed by atoms with Gasteiger partial charge in [0.1, 0.15) is 0 Å². The van der Waals surface area contributed by atoms with Gasteiger partial charge in [-0.05, 0) is 11.1 Å². The van der Waals surface area contributed by atoms with Gasteiger partial charge < -0.3 is 0 Å². The van der Waals surface area contributed by atoms with E-state index >= 15 is 0 Å². The van der Waals surface area contributed by atoms with Gasteiger partial charge >= 0.3 is 0 Å². The van der Waals surface area contributed by atoms with E-state index in [9.17, 15) is 0 Å². The van der Waals surface area contributed by atoms with Crippen LogP contribution in [-0.2, 0) is 0 Å². The highest BCUT2D eigenvalue weighted by atomic mass is 28.3. The molecule has 2 aromatic carbocycles. The molecule has 0 amide bonds. The van der Waals surface area contributed by atoms with Crippen molar-refractivity contribution in [2.75, 3.05) is 0 Å². The zero-order valence-electron chi connectivity index (χ0n) is 12.1. The smallest absolute Gasteiger partial charge is 0.0675 e.